The van der Waals surface area contributed by atoms with E-state index in [1.54, 1.807) is 18.9 Å². The van der Waals surface area contributed by atoms with E-state index in [0.717, 1.165) is 59.6 Å². The van der Waals surface area contributed by atoms with Crippen LogP contribution in [0.5, 0.6) is 11.5 Å². The maximum Gasteiger partial charge on any atom is 0.253 e. The van der Waals surface area contributed by atoms with E-state index >= 15 is 0 Å². The van der Waals surface area contributed by atoms with Gasteiger partial charge in [-0.25, -0.2) is 4.67 Å². The molecule has 0 saturated carbocycles. The molecule has 0 spiro atoms. The van der Waals surface area contributed by atoms with Gasteiger partial charge in [-0.15, -0.1) is 0 Å². The molecule has 10 heteroatoms. The van der Waals surface area contributed by atoms with Crippen LogP contribution in [0.3, 0.4) is 0 Å². The summed E-state index contributed by atoms with van der Waals surface area (Å²) >= 11 is 0. The maximum atomic E-state index is 10.1. The molecule has 0 aliphatic heterocycles. The number of rotatable bonds is 21. The lowest BCUT2D eigenvalue weighted by atomic mass is 9.80. The molecular formula is C37H51N2O5PS2. The highest BCUT2D eigenvalue weighted by atomic mass is 33.1. The van der Waals surface area contributed by atoms with E-state index in [2.05, 4.69) is 56.3 Å². The van der Waals surface area contributed by atoms with Gasteiger partial charge in [-0.2, -0.15) is 5.26 Å². The van der Waals surface area contributed by atoms with Gasteiger partial charge in [-0.3, -0.25) is 0 Å². The fourth-order valence-electron chi connectivity index (χ4n) is 6.13. The van der Waals surface area contributed by atoms with E-state index in [0.29, 0.717) is 24.7 Å². The number of hydrogen-bond donors (Lipinski definition) is 2. The summed E-state index contributed by atoms with van der Waals surface area (Å²) in [5.41, 5.74) is 1.87. The molecule has 3 rings (SSSR count). The molecule has 7 nitrogen and oxygen atoms in total. The Bertz CT molecular complexity index is 1300. The Hall–Kier alpha value is -2.28. The van der Waals surface area contributed by atoms with Gasteiger partial charge in [-0.1, -0.05) is 89.5 Å². The summed E-state index contributed by atoms with van der Waals surface area (Å²) in [7, 11) is 4.89. The van der Waals surface area contributed by atoms with Crippen LogP contribution in [0, 0.1) is 11.3 Å². The van der Waals surface area contributed by atoms with Gasteiger partial charge in [0.25, 0.3) is 8.53 Å². The van der Waals surface area contributed by atoms with Crippen LogP contribution in [-0.2, 0) is 10.3 Å². The smallest absolute Gasteiger partial charge is 0.253 e. The van der Waals surface area contributed by atoms with Gasteiger partial charge in [0.1, 0.15) is 17.1 Å². The number of ether oxygens (including phenoxy) is 3. The minimum Gasteiger partial charge on any atom is -0.497 e. The van der Waals surface area contributed by atoms with Crippen LogP contribution >= 0.6 is 30.1 Å². The van der Waals surface area contributed by atoms with Crippen molar-refractivity contribution < 1.29 is 24.0 Å². The van der Waals surface area contributed by atoms with E-state index in [-0.39, 0.29) is 6.04 Å². The molecule has 3 aromatic rings. The fourth-order valence-corrected chi connectivity index (χ4v) is 9.63. The number of nitriles is 1. The van der Waals surface area contributed by atoms with Crippen molar-refractivity contribution in [1.29, 1.82) is 5.26 Å². The van der Waals surface area contributed by atoms with Crippen molar-refractivity contribution in [1.82, 2.24) is 4.67 Å². The van der Waals surface area contributed by atoms with Crippen LogP contribution < -0.4 is 9.47 Å². The molecule has 2 N–H and O–H groups in total. The lowest BCUT2D eigenvalue weighted by Crippen LogP contribution is -2.46. The Morgan fingerprint density at radius 2 is 1.38 bits per heavy atom. The van der Waals surface area contributed by atoms with Crippen molar-refractivity contribution in [2.24, 2.45) is 0 Å². The SMILES string of the molecule is COc1ccc(C(OCCCSSC(C)CCCC(C)(CCC#N)N(C(C)C)P(O)O)(c2ccccc2)c2ccc(OC)cc2)cc1. The molecule has 2 atom stereocenters. The second-order valence-corrected chi connectivity index (χ2v) is 16.1. The molecule has 0 aromatic heterocycles. The zero-order valence-electron chi connectivity index (χ0n) is 28.6. The summed E-state index contributed by atoms with van der Waals surface area (Å²) in [5.74, 6) is 2.54. The molecule has 0 fully saturated rings. The van der Waals surface area contributed by atoms with E-state index in [9.17, 15) is 15.0 Å². The molecular weight excluding hydrogens is 648 g/mol. The zero-order valence-corrected chi connectivity index (χ0v) is 31.1. The molecule has 47 heavy (non-hydrogen) atoms. The average molecular weight is 699 g/mol. The summed E-state index contributed by atoms with van der Waals surface area (Å²) in [6.45, 7) is 8.83. The summed E-state index contributed by atoms with van der Waals surface area (Å²) in [4.78, 5) is 20.3. The van der Waals surface area contributed by atoms with Crippen LogP contribution in [0.15, 0.2) is 78.9 Å². The number of methoxy groups -OCH3 is 2. The van der Waals surface area contributed by atoms with E-state index in [4.69, 9.17) is 14.2 Å². The Labute approximate surface area is 291 Å². The van der Waals surface area contributed by atoms with E-state index < -0.39 is 19.7 Å². The van der Waals surface area contributed by atoms with Crippen LogP contribution in [0.1, 0.15) is 82.9 Å². The minimum atomic E-state index is -2.22. The molecule has 0 radical (unpaired) electrons. The Morgan fingerprint density at radius 1 is 0.830 bits per heavy atom. The third kappa shape index (κ3) is 10.9. The summed E-state index contributed by atoms with van der Waals surface area (Å²) in [5, 5.41) is 9.65. The largest absolute Gasteiger partial charge is 0.497 e. The van der Waals surface area contributed by atoms with Gasteiger partial charge in [0.05, 0.1) is 20.3 Å². The van der Waals surface area contributed by atoms with Crippen molar-refractivity contribution in [2.75, 3.05) is 26.6 Å². The second kappa shape index (κ2) is 19.7. The van der Waals surface area contributed by atoms with E-state index in [1.165, 1.54) is 0 Å². The second-order valence-electron chi connectivity index (χ2n) is 12.2. The topological polar surface area (TPSA) is 95.2 Å². The molecule has 0 aliphatic rings. The van der Waals surface area contributed by atoms with E-state index in [1.807, 2.05) is 77.9 Å². The summed E-state index contributed by atoms with van der Waals surface area (Å²) in [6, 6.07) is 28.8. The minimum absolute atomic E-state index is 0.0144. The van der Waals surface area contributed by atoms with Crippen molar-refractivity contribution in [3.63, 3.8) is 0 Å². The highest BCUT2D eigenvalue weighted by Crippen LogP contribution is 2.45. The predicted octanol–water partition coefficient (Wildman–Crippen LogP) is 9.33. The molecule has 0 aliphatic carbocycles. The van der Waals surface area contributed by atoms with Crippen molar-refractivity contribution in [2.45, 2.75) is 88.7 Å². The lowest BCUT2D eigenvalue weighted by molar-refractivity contribution is 0.0137. The first-order valence-electron chi connectivity index (χ1n) is 16.2. The zero-order chi connectivity index (χ0) is 34.3. The number of hydrogen-bond acceptors (Lipinski definition) is 9. The van der Waals surface area contributed by atoms with Crippen LogP contribution in [-0.4, -0.2) is 57.9 Å². The van der Waals surface area contributed by atoms with Gasteiger partial charge in [0.2, 0.25) is 0 Å². The highest BCUT2D eigenvalue weighted by Gasteiger charge is 2.39. The predicted molar refractivity (Wildman–Crippen MR) is 198 cm³/mol. The van der Waals surface area contributed by atoms with Gasteiger partial charge >= 0.3 is 0 Å². The molecule has 2 unspecified atom stereocenters. The van der Waals surface area contributed by atoms with Crippen molar-refractivity contribution >= 4 is 30.1 Å². The summed E-state index contributed by atoms with van der Waals surface area (Å²) in [6.07, 6.45) is 4.69. The van der Waals surface area contributed by atoms with Crippen LogP contribution in [0.2, 0.25) is 0 Å². The van der Waals surface area contributed by atoms with Gasteiger partial charge in [0.15, 0.2) is 0 Å². The molecule has 0 amide bonds. The van der Waals surface area contributed by atoms with Crippen molar-refractivity contribution in [3.8, 4) is 17.6 Å². The monoisotopic (exact) mass is 698 g/mol. The van der Waals surface area contributed by atoms with Gasteiger partial charge in [0, 0.05) is 35.6 Å². The normalized spacial score (nSPS) is 13.8. The first-order chi connectivity index (χ1) is 22.6. The highest BCUT2D eigenvalue weighted by molar-refractivity contribution is 8.76. The Balaban J connectivity index is 1.63. The van der Waals surface area contributed by atoms with Crippen LogP contribution in [0.25, 0.3) is 0 Å². The first kappa shape index (κ1) is 39.2. The third-order valence-corrected chi connectivity index (χ3v) is 12.8. The number of nitrogens with zero attached hydrogens (tertiary/aromatic N) is 2. The standard InChI is InChI=1S/C37H51N2O5PS2/c1-29(2)39(45(40)41)36(4,25-11-26-38)24-10-13-30(3)47-46-28-12-27-44-37(31-14-8-7-9-15-31,32-16-20-34(42-5)21-17-32)33-18-22-35(43-6)23-19-33/h7-9,14-23,29-30,40-41H,10-13,24-25,27-28H2,1-6H3. The first-order valence-corrected chi connectivity index (χ1v) is 19.8. The average Bonchev–Trinajstić information content (AvgIpc) is 3.07. The number of benzene rings is 3. The molecule has 256 valence electrons. The molecule has 0 heterocycles. The quantitative estimate of drug-likeness (QED) is 0.0488. The fraction of sp³-hybridized carbons (Fsp3) is 0.486. The third-order valence-electron chi connectivity index (χ3n) is 8.43. The maximum absolute atomic E-state index is 10.1. The Kier molecular flexibility index (Phi) is 16.4. The molecule has 3 aromatic carbocycles. The van der Waals surface area contributed by atoms with Gasteiger partial charge in [-0.05, 0) is 87.4 Å². The van der Waals surface area contributed by atoms with Crippen LogP contribution in [0.4, 0.5) is 0 Å². The molecule has 0 saturated heterocycles. The molecule has 0 bridgehead atoms. The Morgan fingerprint density at radius 3 is 1.87 bits per heavy atom. The van der Waals surface area contributed by atoms with Gasteiger partial charge < -0.3 is 24.0 Å². The summed E-state index contributed by atoms with van der Waals surface area (Å²) < 4.78 is 19.7. The van der Waals surface area contributed by atoms with Crippen molar-refractivity contribution in [3.05, 3.63) is 95.6 Å². The lowest BCUT2D eigenvalue weighted by Gasteiger charge is -2.44.